The van der Waals surface area contributed by atoms with Crippen molar-refractivity contribution < 1.29 is 28.9 Å². The topological polar surface area (TPSA) is 108 Å². The number of esters is 2. The Morgan fingerprint density at radius 2 is 1.39 bits per heavy atom. The number of nitrogens with two attached hydrogens (primary N) is 1. The SMILES string of the molecule is CC(COC(=O)c1ccccc1)OCC(C)OC(=O)c1ccccc1.CCC(O)CN. The lowest BCUT2D eigenvalue weighted by molar-refractivity contribution is -0.0379. The number of ether oxygens (including phenoxy) is 3. The van der Waals surface area contributed by atoms with Crippen molar-refractivity contribution in [3.05, 3.63) is 71.8 Å². The number of carbonyl (C=O) groups excluding carboxylic acids is 2. The standard InChI is InChI=1S/C20H22O5.C4H11NO/c1-15(13-24-19(21)17-9-5-3-6-10-17)23-14-16(2)25-20(22)18-11-7-4-8-12-18;1-2-4(6)3-5/h3-12,15-16H,13-14H2,1-2H3;4,6H,2-3,5H2,1H3. The second kappa shape index (κ2) is 15.1. The molecule has 31 heavy (non-hydrogen) atoms. The summed E-state index contributed by atoms with van der Waals surface area (Å²) < 4.78 is 16.1. The Balaban J connectivity index is 0.000000703. The van der Waals surface area contributed by atoms with Gasteiger partial charge in [0, 0.05) is 6.54 Å². The van der Waals surface area contributed by atoms with Gasteiger partial charge in [-0.25, -0.2) is 9.59 Å². The summed E-state index contributed by atoms with van der Waals surface area (Å²) in [6, 6.07) is 17.6. The van der Waals surface area contributed by atoms with Crippen LogP contribution in [0.25, 0.3) is 0 Å². The quantitative estimate of drug-likeness (QED) is 0.556. The first-order valence-electron chi connectivity index (χ1n) is 10.3. The normalized spacial score (nSPS) is 13.2. The van der Waals surface area contributed by atoms with Crippen molar-refractivity contribution in [2.75, 3.05) is 19.8 Å². The van der Waals surface area contributed by atoms with Gasteiger partial charge in [0.25, 0.3) is 0 Å². The van der Waals surface area contributed by atoms with Crippen molar-refractivity contribution in [3.8, 4) is 0 Å². The molecule has 0 aromatic heterocycles. The third-order valence-corrected chi connectivity index (χ3v) is 4.14. The first-order chi connectivity index (χ1) is 14.9. The Bertz CT molecular complexity index is 749. The molecule has 7 heteroatoms. The first-order valence-corrected chi connectivity index (χ1v) is 10.3. The molecule has 2 rings (SSSR count). The summed E-state index contributed by atoms with van der Waals surface area (Å²) in [5.74, 6) is -0.778. The summed E-state index contributed by atoms with van der Waals surface area (Å²) in [5, 5.41) is 8.54. The van der Waals surface area contributed by atoms with E-state index in [2.05, 4.69) is 0 Å². The molecule has 2 aromatic carbocycles. The van der Waals surface area contributed by atoms with Crippen LogP contribution in [0.3, 0.4) is 0 Å². The zero-order valence-electron chi connectivity index (χ0n) is 18.4. The molecular formula is C24H33NO6. The van der Waals surface area contributed by atoms with Crippen LogP contribution in [0.4, 0.5) is 0 Å². The van der Waals surface area contributed by atoms with E-state index < -0.39 is 6.10 Å². The van der Waals surface area contributed by atoms with Crippen LogP contribution < -0.4 is 5.73 Å². The number of aliphatic hydroxyl groups excluding tert-OH is 1. The summed E-state index contributed by atoms with van der Waals surface area (Å²) in [4.78, 5) is 23.8. The Kier molecular flexibility index (Phi) is 12.8. The number of benzene rings is 2. The number of carbonyl (C=O) groups is 2. The fourth-order valence-corrected chi connectivity index (χ4v) is 2.22. The Morgan fingerprint density at radius 3 is 1.84 bits per heavy atom. The summed E-state index contributed by atoms with van der Waals surface area (Å²) in [7, 11) is 0. The van der Waals surface area contributed by atoms with Crippen LogP contribution in [0.1, 0.15) is 47.9 Å². The first kappa shape index (κ1) is 26.3. The highest BCUT2D eigenvalue weighted by atomic mass is 16.6. The van der Waals surface area contributed by atoms with Crippen LogP contribution in [0.15, 0.2) is 60.7 Å². The second-order valence-corrected chi connectivity index (χ2v) is 6.99. The third-order valence-electron chi connectivity index (χ3n) is 4.14. The van der Waals surface area contributed by atoms with Gasteiger partial charge in [0.05, 0.1) is 29.9 Å². The van der Waals surface area contributed by atoms with Gasteiger partial charge in [-0.2, -0.15) is 0 Å². The van der Waals surface area contributed by atoms with E-state index in [9.17, 15) is 9.59 Å². The highest BCUT2D eigenvalue weighted by molar-refractivity contribution is 5.89. The Labute approximate surface area is 184 Å². The average Bonchev–Trinajstić information content (AvgIpc) is 2.82. The Morgan fingerprint density at radius 1 is 0.871 bits per heavy atom. The Hall–Kier alpha value is -2.74. The number of aliphatic hydroxyl groups is 1. The van der Waals surface area contributed by atoms with E-state index in [-0.39, 0.29) is 37.4 Å². The van der Waals surface area contributed by atoms with Crippen molar-refractivity contribution in [2.45, 2.75) is 45.5 Å². The van der Waals surface area contributed by atoms with Gasteiger partial charge in [-0.1, -0.05) is 43.3 Å². The predicted octanol–water partition coefficient (Wildman–Crippen LogP) is 3.21. The van der Waals surface area contributed by atoms with Crippen LogP contribution in [0.2, 0.25) is 0 Å². The van der Waals surface area contributed by atoms with Crippen LogP contribution in [0.5, 0.6) is 0 Å². The van der Waals surface area contributed by atoms with Gasteiger partial charge in [-0.15, -0.1) is 0 Å². The lowest BCUT2D eigenvalue weighted by Crippen LogP contribution is -2.26. The molecule has 0 heterocycles. The maximum Gasteiger partial charge on any atom is 0.338 e. The maximum atomic E-state index is 11.9. The zero-order chi connectivity index (χ0) is 23.1. The van der Waals surface area contributed by atoms with Crippen molar-refractivity contribution in [1.82, 2.24) is 0 Å². The van der Waals surface area contributed by atoms with E-state index in [0.717, 1.165) is 6.42 Å². The lowest BCUT2D eigenvalue weighted by atomic mass is 10.2. The molecule has 2 aromatic rings. The van der Waals surface area contributed by atoms with Crippen molar-refractivity contribution in [1.29, 1.82) is 0 Å². The molecule has 0 aliphatic heterocycles. The van der Waals surface area contributed by atoms with Gasteiger partial charge in [0.1, 0.15) is 12.7 Å². The summed E-state index contributed by atoms with van der Waals surface area (Å²) in [6.07, 6.45) is -0.230. The van der Waals surface area contributed by atoms with Crippen LogP contribution >= 0.6 is 0 Å². The average molecular weight is 432 g/mol. The minimum absolute atomic E-state index is 0.132. The molecule has 0 amide bonds. The second-order valence-electron chi connectivity index (χ2n) is 6.99. The van der Waals surface area contributed by atoms with E-state index >= 15 is 0 Å². The molecule has 0 bridgehead atoms. The molecule has 0 radical (unpaired) electrons. The highest BCUT2D eigenvalue weighted by Gasteiger charge is 2.14. The predicted molar refractivity (Wildman–Crippen MR) is 119 cm³/mol. The number of hydrogen-bond donors (Lipinski definition) is 2. The molecule has 7 nitrogen and oxygen atoms in total. The fraction of sp³-hybridized carbons (Fsp3) is 0.417. The highest BCUT2D eigenvalue weighted by Crippen LogP contribution is 2.06. The molecule has 0 spiro atoms. The number of rotatable bonds is 10. The maximum absolute atomic E-state index is 11.9. The molecule has 170 valence electrons. The van der Waals surface area contributed by atoms with E-state index in [1.54, 1.807) is 62.4 Å². The summed E-state index contributed by atoms with van der Waals surface area (Å²) in [5.41, 5.74) is 6.03. The summed E-state index contributed by atoms with van der Waals surface area (Å²) in [6.45, 7) is 6.19. The third kappa shape index (κ3) is 11.3. The molecule has 0 fully saturated rings. The summed E-state index contributed by atoms with van der Waals surface area (Å²) >= 11 is 0. The van der Waals surface area contributed by atoms with E-state index in [1.165, 1.54) is 0 Å². The molecule has 3 N–H and O–H groups in total. The van der Waals surface area contributed by atoms with Gasteiger partial charge in [-0.05, 0) is 44.5 Å². The van der Waals surface area contributed by atoms with Gasteiger partial charge in [0.15, 0.2) is 0 Å². The molecule has 0 aliphatic rings. The van der Waals surface area contributed by atoms with Crippen molar-refractivity contribution in [3.63, 3.8) is 0 Å². The van der Waals surface area contributed by atoms with Gasteiger partial charge in [0.2, 0.25) is 0 Å². The van der Waals surface area contributed by atoms with Crippen molar-refractivity contribution in [2.24, 2.45) is 5.73 Å². The lowest BCUT2D eigenvalue weighted by Gasteiger charge is -2.17. The van der Waals surface area contributed by atoms with Crippen LogP contribution in [0, 0.1) is 0 Å². The molecule has 0 saturated heterocycles. The molecule has 0 aliphatic carbocycles. The zero-order valence-corrected chi connectivity index (χ0v) is 18.4. The minimum Gasteiger partial charge on any atom is -0.459 e. The van der Waals surface area contributed by atoms with Gasteiger partial charge >= 0.3 is 11.9 Å². The van der Waals surface area contributed by atoms with E-state index in [0.29, 0.717) is 17.7 Å². The van der Waals surface area contributed by atoms with Crippen LogP contribution in [-0.4, -0.2) is 55.1 Å². The van der Waals surface area contributed by atoms with Crippen LogP contribution in [-0.2, 0) is 14.2 Å². The minimum atomic E-state index is -0.403. The fourth-order valence-electron chi connectivity index (χ4n) is 2.22. The largest absolute Gasteiger partial charge is 0.459 e. The number of hydrogen-bond acceptors (Lipinski definition) is 7. The molecular weight excluding hydrogens is 398 g/mol. The molecule has 0 saturated carbocycles. The van der Waals surface area contributed by atoms with Gasteiger partial charge in [-0.3, -0.25) is 0 Å². The smallest absolute Gasteiger partial charge is 0.338 e. The molecule has 3 atom stereocenters. The van der Waals surface area contributed by atoms with Gasteiger partial charge < -0.3 is 25.1 Å². The van der Waals surface area contributed by atoms with E-state index in [4.69, 9.17) is 25.1 Å². The monoisotopic (exact) mass is 431 g/mol. The molecule has 3 unspecified atom stereocenters. The van der Waals surface area contributed by atoms with Crippen molar-refractivity contribution >= 4 is 11.9 Å². The van der Waals surface area contributed by atoms with E-state index in [1.807, 2.05) is 19.1 Å².